The van der Waals surface area contributed by atoms with Gasteiger partial charge in [-0.15, -0.1) is 12.4 Å². The Balaban J connectivity index is 0.00000245. The summed E-state index contributed by atoms with van der Waals surface area (Å²) in [6.45, 7) is 2.41. The van der Waals surface area contributed by atoms with Crippen molar-refractivity contribution in [2.75, 3.05) is 19.7 Å². The van der Waals surface area contributed by atoms with E-state index in [9.17, 15) is 13.6 Å². The monoisotopic (exact) mass is 460 g/mol. The second kappa shape index (κ2) is 9.26. The van der Waals surface area contributed by atoms with Gasteiger partial charge in [0.1, 0.15) is 12.4 Å². The summed E-state index contributed by atoms with van der Waals surface area (Å²) in [5, 5.41) is 10.6. The van der Waals surface area contributed by atoms with E-state index in [1.807, 2.05) is 16.8 Å². The van der Waals surface area contributed by atoms with Crippen molar-refractivity contribution < 1.29 is 18.3 Å². The third-order valence-corrected chi connectivity index (χ3v) is 5.97. The van der Waals surface area contributed by atoms with Crippen LogP contribution in [0.15, 0.2) is 48.7 Å². The summed E-state index contributed by atoms with van der Waals surface area (Å²) in [6.07, 6.45) is 2.47. The third-order valence-electron chi connectivity index (χ3n) is 5.97. The van der Waals surface area contributed by atoms with Gasteiger partial charge in [-0.3, -0.25) is 9.48 Å². The molecule has 9 heteroatoms. The predicted octanol–water partition coefficient (Wildman–Crippen LogP) is 3.52. The van der Waals surface area contributed by atoms with Crippen molar-refractivity contribution in [2.24, 2.45) is 0 Å². The molecule has 1 aromatic heterocycles. The van der Waals surface area contributed by atoms with Gasteiger partial charge in [-0.25, -0.2) is 8.78 Å². The Labute approximate surface area is 190 Å². The number of fused-ring (bicyclic) bond motifs is 3. The largest absolute Gasteiger partial charge is 0.491 e. The summed E-state index contributed by atoms with van der Waals surface area (Å²) in [4.78, 5) is 13.0. The molecule has 1 fully saturated rings. The Bertz CT molecular complexity index is 1140. The number of hydrogen-bond donors (Lipinski definition) is 2. The highest BCUT2D eigenvalue weighted by molar-refractivity contribution is 5.95. The van der Waals surface area contributed by atoms with Crippen LogP contribution >= 0.6 is 12.4 Å². The first kappa shape index (κ1) is 22.2. The van der Waals surface area contributed by atoms with Crippen LogP contribution in [0.5, 0.6) is 5.75 Å². The summed E-state index contributed by atoms with van der Waals surface area (Å²) < 4.78 is 34.9. The molecule has 0 spiro atoms. The van der Waals surface area contributed by atoms with Crippen LogP contribution in [0.25, 0.3) is 11.3 Å². The van der Waals surface area contributed by atoms with E-state index in [2.05, 4.69) is 15.7 Å². The Morgan fingerprint density at radius 3 is 2.88 bits per heavy atom. The topological polar surface area (TPSA) is 68.2 Å². The minimum Gasteiger partial charge on any atom is -0.491 e. The molecule has 2 aromatic carbocycles. The third kappa shape index (κ3) is 4.20. The molecule has 2 N–H and O–H groups in total. The van der Waals surface area contributed by atoms with Crippen LogP contribution in [0.2, 0.25) is 0 Å². The van der Waals surface area contributed by atoms with Crippen LogP contribution < -0.4 is 15.4 Å². The van der Waals surface area contributed by atoms with Crippen LogP contribution in [0.3, 0.4) is 0 Å². The van der Waals surface area contributed by atoms with Gasteiger partial charge in [-0.1, -0.05) is 6.07 Å². The molecule has 168 valence electrons. The molecular weight excluding hydrogens is 438 g/mol. The number of nitrogens with zero attached hydrogens (tertiary/aromatic N) is 2. The average Bonchev–Trinajstić information content (AvgIpc) is 3.17. The molecule has 3 aromatic rings. The lowest BCUT2D eigenvalue weighted by atomic mass is 9.85. The molecule has 3 heterocycles. The Morgan fingerprint density at radius 2 is 2.03 bits per heavy atom. The second-order valence-corrected chi connectivity index (χ2v) is 7.85. The molecule has 0 aliphatic carbocycles. The normalized spacial score (nSPS) is 19.6. The van der Waals surface area contributed by atoms with Gasteiger partial charge in [0, 0.05) is 35.8 Å². The quantitative estimate of drug-likeness (QED) is 0.627. The average molecular weight is 461 g/mol. The molecular formula is C23H23ClF2N4O2. The van der Waals surface area contributed by atoms with E-state index in [1.165, 1.54) is 6.07 Å². The molecule has 32 heavy (non-hydrogen) atoms. The summed E-state index contributed by atoms with van der Waals surface area (Å²) >= 11 is 0. The number of amides is 1. The Hall–Kier alpha value is -2.97. The van der Waals surface area contributed by atoms with Crippen molar-refractivity contribution in [3.8, 4) is 17.0 Å². The summed E-state index contributed by atoms with van der Waals surface area (Å²) in [6, 6.07) is 11.0. The molecule has 2 aliphatic heterocycles. The lowest BCUT2D eigenvalue weighted by Gasteiger charge is -2.33. The number of ether oxygens (including phenoxy) is 1. The fourth-order valence-electron chi connectivity index (χ4n) is 4.38. The van der Waals surface area contributed by atoms with E-state index in [0.29, 0.717) is 43.0 Å². The molecule has 0 unspecified atom stereocenters. The number of hydrogen-bond acceptors (Lipinski definition) is 4. The molecule has 2 aliphatic rings. The smallest absolute Gasteiger partial charge is 0.251 e. The molecule has 0 radical (unpaired) electrons. The number of nitrogens with one attached hydrogen (secondary N) is 2. The standard InChI is InChI=1S/C23H22F2N4O2.ClH/c24-18-4-2-14(11-19(18)25)16-5-7-26-13-20(16)28-23(30)15-1-3-17-21-6-8-27-29(21)9-10-31-22(17)12-15;/h1-4,6,8,11-12,16,20,26H,5,7,9-10,13H2,(H,28,30);1H/t16-,20+;/m0./s1. The first-order chi connectivity index (χ1) is 15.1. The highest BCUT2D eigenvalue weighted by Crippen LogP contribution is 2.33. The van der Waals surface area contributed by atoms with Gasteiger partial charge in [0.15, 0.2) is 11.6 Å². The fourth-order valence-corrected chi connectivity index (χ4v) is 4.38. The van der Waals surface area contributed by atoms with E-state index in [0.717, 1.165) is 23.9 Å². The summed E-state index contributed by atoms with van der Waals surface area (Å²) in [5.74, 6) is -1.43. The number of halogens is 3. The van der Waals surface area contributed by atoms with Crippen LogP contribution in [-0.2, 0) is 6.54 Å². The Morgan fingerprint density at radius 1 is 1.16 bits per heavy atom. The number of benzene rings is 2. The van der Waals surface area contributed by atoms with Crippen molar-refractivity contribution in [1.29, 1.82) is 0 Å². The van der Waals surface area contributed by atoms with Gasteiger partial charge >= 0.3 is 0 Å². The van der Waals surface area contributed by atoms with Gasteiger partial charge in [0.2, 0.25) is 0 Å². The van der Waals surface area contributed by atoms with Crippen molar-refractivity contribution in [1.82, 2.24) is 20.4 Å². The Kier molecular flexibility index (Phi) is 6.43. The van der Waals surface area contributed by atoms with Crippen LogP contribution in [-0.4, -0.2) is 41.4 Å². The van der Waals surface area contributed by atoms with Crippen LogP contribution in [0.4, 0.5) is 8.78 Å². The second-order valence-electron chi connectivity index (χ2n) is 7.85. The molecule has 1 saturated heterocycles. The van der Waals surface area contributed by atoms with Crippen molar-refractivity contribution in [2.45, 2.75) is 24.9 Å². The maximum Gasteiger partial charge on any atom is 0.251 e. The molecule has 1 amide bonds. The zero-order chi connectivity index (χ0) is 21.4. The summed E-state index contributed by atoms with van der Waals surface area (Å²) in [7, 11) is 0. The van der Waals surface area contributed by atoms with Gasteiger partial charge in [-0.05, 0) is 54.9 Å². The van der Waals surface area contributed by atoms with E-state index in [1.54, 1.807) is 24.4 Å². The van der Waals surface area contributed by atoms with Crippen LogP contribution in [0, 0.1) is 11.6 Å². The number of piperidine rings is 1. The lowest BCUT2D eigenvalue weighted by molar-refractivity contribution is 0.0924. The van der Waals surface area contributed by atoms with Crippen molar-refractivity contribution in [3.63, 3.8) is 0 Å². The highest BCUT2D eigenvalue weighted by atomic mass is 35.5. The van der Waals surface area contributed by atoms with Crippen LogP contribution in [0.1, 0.15) is 28.3 Å². The molecule has 2 atom stereocenters. The maximum atomic E-state index is 13.8. The molecule has 6 nitrogen and oxygen atoms in total. The molecule has 0 saturated carbocycles. The molecule has 0 bridgehead atoms. The number of aromatic nitrogens is 2. The highest BCUT2D eigenvalue weighted by Gasteiger charge is 2.29. The van der Waals surface area contributed by atoms with Crippen molar-refractivity contribution in [3.05, 3.63) is 71.4 Å². The van der Waals surface area contributed by atoms with E-state index in [4.69, 9.17) is 4.74 Å². The van der Waals surface area contributed by atoms with Gasteiger partial charge in [0.25, 0.3) is 5.91 Å². The number of carbonyl (C=O) groups excluding carboxylic acids is 1. The minimum atomic E-state index is -0.872. The van der Waals surface area contributed by atoms with Gasteiger partial charge < -0.3 is 15.4 Å². The SMILES string of the molecule is Cl.O=C(N[C@@H]1CNCC[C@H]1c1ccc(F)c(F)c1)c1ccc2c(c1)OCCn1nccc1-2. The first-order valence-electron chi connectivity index (χ1n) is 10.4. The van der Waals surface area contributed by atoms with Gasteiger partial charge in [-0.2, -0.15) is 5.10 Å². The maximum absolute atomic E-state index is 13.8. The zero-order valence-corrected chi connectivity index (χ0v) is 18.0. The van der Waals surface area contributed by atoms with Crippen molar-refractivity contribution >= 4 is 18.3 Å². The number of carbonyl (C=O) groups is 1. The summed E-state index contributed by atoms with van der Waals surface area (Å²) in [5.41, 5.74) is 3.02. The lowest BCUT2D eigenvalue weighted by Crippen LogP contribution is -2.50. The zero-order valence-electron chi connectivity index (χ0n) is 17.2. The van der Waals surface area contributed by atoms with E-state index in [-0.39, 0.29) is 30.3 Å². The van der Waals surface area contributed by atoms with E-state index >= 15 is 0 Å². The molecule has 5 rings (SSSR count). The first-order valence-corrected chi connectivity index (χ1v) is 10.4. The predicted molar refractivity (Wildman–Crippen MR) is 118 cm³/mol. The van der Waals surface area contributed by atoms with Gasteiger partial charge in [0.05, 0.1) is 12.2 Å². The van der Waals surface area contributed by atoms with E-state index < -0.39 is 11.6 Å². The number of rotatable bonds is 3. The minimum absolute atomic E-state index is 0. The fraction of sp³-hybridized carbons (Fsp3) is 0.304.